The van der Waals surface area contributed by atoms with Crippen LogP contribution >= 0.6 is 0 Å². The summed E-state index contributed by atoms with van der Waals surface area (Å²) in [6.07, 6.45) is 0.984. The van der Waals surface area contributed by atoms with E-state index < -0.39 is 0 Å². The number of ether oxygens (including phenoxy) is 2. The summed E-state index contributed by atoms with van der Waals surface area (Å²) in [4.78, 5) is 2.28. The third-order valence-electron chi connectivity index (χ3n) is 2.17. The summed E-state index contributed by atoms with van der Waals surface area (Å²) in [7, 11) is 3.84. The predicted octanol–water partition coefficient (Wildman–Crippen LogP) is 0.581. The lowest BCUT2D eigenvalue weighted by atomic mass is 10.5. The van der Waals surface area contributed by atoms with Gasteiger partial charge in [0.15, 0.2) is 0 Å². The van der Waals surface area contributed by atoms with Gasteiger partial charge in [-0.2, -0.15) is 0 Å². The average molecular weight is 218 g/mol. The zero-order valence-electron chi connectivity index (χ0n) is 10.4. The van der Waals surface area contributed by atoms with Crippen molar-refractivity contribution in [2.75, 3.05) is 60.2 Å². The van der Waals surface area contributed by atoms with E-state index in [1.807, 2.05) is 0 Å². The molecule has 0 fully saturated rings. The van der Waals surface area contributed by atoms with Gasteiger partial charge in [0.2, 0.25) is 0 Å². The van der Waals surface area contributed by atoms with Crippen LogP contribution in [0.15, 0.2) is 0 Å². The highest BCUT2D eigenvalue weighted by Gasteiger charge is 1.97. The second-order valence-corrected chi connectivity index (χ2v) is 3.62. The second kappa shape index (κ2) is 11.9. The Kier molecular flexibility index (Phi) is 11.8. The van der Waals surface area contributed by atoms with Crippen LogP contribution in [-0.2, 0) is 9.47 Å². The SMILES string of the molecule is CCNCCN(C)CCOCCCOC. The number of likely N-dealkylation sites (N-methyl/N-ethyl adjacent to an activating group) is 2. The van der Waals surface area contributed by atoms with Gasteiger partial charge in [0.25, 0.3) is 0 Å². The van der Waals surface area contributed by atoms with E-state index in [4.69, 9.17) is 9.47 Å². The van der Waals surface area contributed by atoms with Crippen LogP contribution in [0, 0.1) is 0 Å². The molecular formula is C11H26N2O2. The van der Waals surface area contributed by atoms with Crippen molar-refractivity contribution in [3.8, 4) is 0 Å². The fraction of sp³-hybridized carbons (Fsp3) is 1.00. The standard InChI is InChI=1S/C11H26N2O2/c1-4-12-6-7-13(2)8-11-15-10-5-9-14-3/h12H,4-11H2,1-3H3. The Morgan fingerprint density at radius 1 is 1.13 bits per heavy atom. The monoisotopic (exact) mass is 218 g/mol. The Balaban J connectivity index is 3.06. The summed E-state index contributed by atoms with van der Waals surface area (Å²) in [5.41, 5.74) is 0. The molecule has 0 bridgehead atoms. The third-order valence-corrected chi connectivity index (χ3v) is 2.17. The summed E-state index contributed by atoms with van der Waals surface area (Å²) < 4.78 is 10.4. The molecule has 0 aliphatic heterocycles. The lowest BCUT2D eigenvalue weighted by Crippen LogP contribution is -2.31. The fourth-order valence-corrected chi connectivity index (χ4v) is 1.19. The zero-order valence-corrected chi connectivity index (χ0v) is 10.4. The van der Waals surface area contributed by atoms with Gasteiger partial charge < -0.3 is 19.7 Å². The van der Waals surface area contributed by atoms with Gasteiger partial charge >= 0.3 is 0 Å². The summed E-state index contributed by atoms with van der Waals surface area (Å²) in [6, 6.07) is 0. The molecule has 4 nitrogen and oxygen atoms in total. The maximum Gasteiger partial charge on any atom is 0.0593 e. The second-order valence-electron chi connectivity index (χ2n) is 3.62. The Labute approximate surface area is 93.9 Å². The van der Waals surface area contributed by atoms with Crippen molar-refractivity contribution in [1.29, 1.82) is 0 Å². The molecule has 0 saturated carbocycles. The van der Waals surface area contributed by atoms with Crippen molar-refractivity contribution in [2.45, 2.75) is 13.3 Å². The average Bonchev–Trinajstić information content (AvgIpc) is 2.23. The molecule has 0 aliphatic rings. The molecule has 0 aromatic carbocycles. The lowest BCUT2D eigenvalue weighted by Gasteiger charge is -2.16. The number of hydrogen-bond donors (Lipinski definition) is 1. The molecule has 0 aromatic heterocycles. The fourth-order valence-electron chi connectivity index (χ4n) is 1.19. The van der Waals surface area contributed by atoms with Crippen LogP contribution in [0.5, 0.6) is 0 Å². The first-order valence-electron chi connectivity index (χ1n) is 5.77. The number of rotatable bonds is 11. The summed E-state index contributed by atoms with van der Waals surface area (Å²) in [5.74, 6) is 0. The van der Waals surface area contributed by atoms with Crippen molar-refractivity contribution in [3.63, 3.8) is 0 Å². The van der Waals surface area contributed by atoms with Crippen LogP contribution in [-0.4, -0.2) is 65.1 Å². The normalized spacial score (nSPS) is 11.2. The van der Waals surface area contributed by atoms with E-state index in [1.165, 1.54) is 0 Å². The topological polar surface area (TPSA) is 33.7 Å². The van der Waals surface area contributed by atoms with Crippen LogP contribution in [0.25, 0.3) is 0 Å². The van der Waals surface area contributed by atoms with E-state index in [2.05, 4.69) is 24.2 Å². The molecule has 92 valence electrons. The molecule has 0 amide bonds. The third kappa shape index (κ3) is 11.8. The highest BCUT2D eigenvalue weighted by Crippen LogP contribution is 1.86. The quantitative estimate of drug-likeness (QED) is 0.514. The summed E-state index contributed by atoms with van der Waals surface area (Å²) >= 11 is 0. The molecular weight excluding hydrogens is 192 g/mol. The maximum absolute atomic E-state index is 5.47. The molecule has 0 atom stereocenters. The van der Waals surface area contributed by atoms with Crippen molar-refractivity contribution in [3.05, 3.63) is 0 Å². The molecule has 4 heteroatoms. The minimum absolute atomic E-state index is 0.788. The number of nitrogens with zero attached hydrogens (tertiary/aromatic N) is 1. The molecule has 15 heavy (non-hydrogen) atoms. The molecule has 0 heterocycles. The Bertz CT molecular complexity index is 123. The van der Waals surface area contributed by atoms with E-state index in [1.54, 1.807) is 7.11 Å². The molecule has 0 radical (unpaired) electrons. The molecule has 0 aliphatic carbocycles. The Hall–Kier alpha value is -0.160. The first kappa shape index (κ1) is 14.8. The van der Waals surface area contributed by atoms with E-state index in [9.17, 15) is 0 Å². The Morgan fingerprint density at radius 2 is 1.93 bits per heavy atom. The van der Waals surface area contributed by atoms with E-state index in [0.29, 0.717) is 0 Å². The van der Waals surface area contributed by atoms with Crippen molar-refractivity contribution >= 4 is 0 Å². The van der Waals surface area contributed by atoms with Crippen molar-refractivity contribution < 1.29 is 9.47 Å². The van der Waals surface area contributed by atoms with E-state index >= 15 is 0 Å². The van der Waals surface area contributed by atoms with Crippen molar-refractivity contribution in [2.24, 2.45) is 0 Å². The number of methoxy groups -OCH3 is 1. The van der Waals surface area contributed by atoms with Gasteiger partial charge in [-0.3, -0.25) is 0 Å². The minimum atomic E-state index is 0.788. The molecule has 0 aromatic rings. The highest BCUT2D eigenvalue weighted by atomic mass is 16.5. The van der Waals surface area contributed by atoms with Gasteiger partial charge in [-0.25, -0.2) is 0 Å². The molecule has 0 rings (SSSR count). The number of hydrogen-bond acceptors (Lipinski definition) is 4. The molecule has 0 unspecified atom stereocenters. The van der Waals surface area contributed by atoms with Crippen LogP contribution < -0.4 is 5.32 Å². The van der Waals surface area contributed by atoms with Crippen LogP contribution in [0.4, 0.5) is 0 Å². The van der Waals surface area contributed by atoms with E-state index in [0.717, 1.165) is 52.4 Å². The largest absolute Gasteiger partial charge is 0.385 e. The van der Waals surface area contributed by atoms with Gasteiger partial charge in [0.1, 0.15) is 0 Å². The molecule has 1 N–H and O–H groups in total. The first-order valence-corrected chi connectivity index (χ1v) is 5.77. The maximum atomic E-state index is 5.47. The van der Waals surface area contributed by atoms with Crippen molar-refractivity contribution in [1.82, 2.24) is 10.2 Å². The highest BCUT2D eigenvalue weighted by molar-refractivity contribution is 4.53. The van der Waals surface area contributed by atoms with Crippen LogP contribution in [0.3, 0.4) is 0 Å². The lowest BCUT2D eigenvalue weighted by molar-refractivity contribution is 0.0890. The number of nitrogens with one attached hydrogen (secondary N) is 1. The minimum Gasteiger partial charge on any atom is -0.385 e. The van der Waals surface area contributed by atoms with E-state index in [-0.39, 0.29) is 0 Å². The predicted molar refractivity (Wildman–Crippen MR) is 63.4 cm³/mol. The van der Waals surface area contributed by atoms with Gasteiger partial charge in [0, 0.05) is 40.0 Å². The summed E-state index contributed by atoms with van der Waals surface area (Å²) in [6.45, 7) is 8.70. The smallest absolute Gasteiger partial charge is 0.0593 e. The van der Waals surface area contributed by atoms with Gasteiger partial charge in [-0.05, 0) is 20.0 Å². The van der Waals surface area contributed by atoms with Gasteiger partial charge in [-0.1, -0.05) is 6.92 Å². The molecule has 0 spiro atoms. The van der Waals surface area contributed by atoms with Crippen LogP contribution in [0.2, 0.25) is 0 Å². The Morgan fingerprint density at radius 3 is 2.60 bits per heavy atom. The molecule has 0 saturated heterocycles. The van der Waals surface area contributed by atoms with Gasteiger partial charge in [-0.15, -0.1) is 0 Å². The summed E-state index contributed by atoms with van der Waals surface area (Å²) in [5, 5.41) is 3.30. The van der Waals surface area contributed by atoms with Gasteiger partial charge in [0.05, 0.1) is 6.61 Å². The first-order chi connectivity index (χ1) is 7.31. The van der Waals surface area contributed by atoms with Crippen LogP contribution in [0.1, 0.15) is 13.3 Å². The zero-order chi connectivity index (χ0) is 11.4.